The highest BCUT2D eigenvalue weighted by Gasteiger charge is 2.22. The van der Waals surface area contributed by atoms with Crippen LogP contribution in [0.25, 0.3) is 17.0 Å². The molecule has 1 fully saturated rings. The fourth-order valence-electron chi connectivity index (χ4n) is 2.24. The predicted molar refractivity (Wildman–Crippen MR) is 85.5 cm³/mol. The number of nitrogens with one attached hydrogen (secondary N) is 2. The number of fused-ring (bicyclic) bond motifs is 1. The molecule has 3 rings (SSSR count). The van der Waals surface area contributed by atoms with Crippen LogP contribution >= 0.6 is 23.2 Å². The van der Waals surface area contributed by atoms with Crippen molar-refractivity contribution in [2.45, 2.75) is 18.9 Å². The molecular weight excluding hydrogens is 327 g/mol. The summed E-state index contributed by atoms with van der Waals surface area (Å²) >= 11 is 12.1. The Morgan fingerprint density at radius 2 is 2.05 bits per heavy atom. The van der Waals surface area contributed by atoms with Crippen LogP contribution in [0.1, 0.15) is 28.9 Å². The first-order valence-electron chi connectivity index (χ1n) is 6.68. The summed E-state index contributed by atoms with van der Waals surface area (Å²) in [5, 5.41) is 13.4. The minimum Gasteiger partial charge on any atom is -0.477 e. The average molecular weight is 339 g/mol. The Morgan fingerprint density at radius 3 is 2.68 bits per heavy atom. The lowest BCUT2D eigenvalue weighted by atomic mass is 10.1. The second-order valence-electron chi connectivity index (χ2n) is 5.15. The number of benzene rings is 1. The number of carbonyl (C=O) groups excluding carboxylic acids is 1. The Balaban J connectivity index is 2.05. The van der Waals surface area contributed by atoms with Gasteiger partial charge in [-0.2, -0.15) is 0 Å². The number of halogens is 2. The molecule has 0 spiro atoms. The smallest absolute Gasteiger partial charge is 0.352 e. The van der Waals surface area contributed by atoms with Gasteiger partial charge in [0.25, 0.3) is 0 Å². The molecule has 114 valence electrons. The van der Waals surface area contributed by atoms with E-state index < -0.39 is 5.97 Å². The van der Waals surface area contributed by atoms with Crippen molar-refractivity contribution in [3.05, 3.63) is 39.5 Å². The molecule has 5 nitrogen and oxygen atoms in total. The number of aromatic nitrogens is 1. The first-order chi connectivity index (χ1) is 10.5. The second-order valence-corrected chi connectivity index (χ2v) is 5.99. The average Bonchev–Trinajstić information content (AvgIpc) is 3.14. The molecule has 0 unspecified atom stereocenters. The number of aromatic carboxylic acids is 1. The summed E-state index contributed by atoms with van der Waals surface area (Å²) in [6.07, 6.45) is 4.74. The molecule has 0 saturated heterocycles. The fraction of sp³-hybridized carbons (Fsp3) is 0.200. The van der Waals surface area contributed by atoms with Gasteiger partial charge in [-0.05, 0) is 31.1 Å². The van der Waals surface area contributed by atoms with Gasteiger partial charge < -0.3 is 15.4 Å². The lowest BCUT2D eigenvalue weighted by molar-refractivity contribution is -0.116. The van der Waals surface area contributed by atoms with Crippen LogP contribution in [-0.2, 0) is 4.79 Å². The van der Waals surface area contributed by atoms with Crippen LogP contribution in [0.5, 0.6) is 0 Å². The van der Waals surface area contributed by atoms with Crippen LogP contribution in [0.4, 0.5) is 0 Å². The molecule has 1 saturated carbocycles. The van der Waals surface area contributed by atoms with E-state index in [0.29, 0.717) is 26.5 Å². The Labute approximate surface area is 135 Å². The van der Waals surface area contributed by atoms with Crippen LogP contribution in [0.15, 0.2) is 18.2 Å². The number of hydrogen-bond donors (Lipinski definition) is 3. The number of aromatic amines is 1. The fourth-order valence-corrected chi connectivity index (χ4v) is 2.84. The zero-order chi connectivity index (χ0) is 15.9. The van der Waals surface area contributed by atoms with Crippen molar-refractivity contribution in [1.82, 2.24) is 10.3 Å². The quantitative estimate of drug-likeness (QED) is 0.746. The third kappa shape index (κ3) is 2.96. The van der Waals surface area contributed by atoms with Crippen molar-refractivity contribution in [1.29, 1.82) is 0 Å². The lowest BCUT2D eigenvalue weighted by Crippen LogP contribution is -2.22. The van der Waals surface area contributed by atoms with Crippen molar-refractivity contribution >= 4 is 52.1 Å². The first-order valence-corrected chi connectivity index (χ1v) is 7.44. The van der Waals surface area contributed by atoms with E-state index >= 15 is 0 Å². The molecule has 0 atom stereocenters. The van der Waals surface area contributed by atoms with E-state index in [1.165, 1.54) is 18.2 Å². The highest BCUT2D eigenvalue weighted by atomic mass is 35.5. The van der Waals surface area contributed by atoms with Gasteiger partial charge in [-0.1, -0.05) is 23.2 Å². The van der Waals surface area contributed by atoms with Crippen LogP contribution in [0.3, 0.4) is 0 Å². The van der Waals surface area contributed by atoms with Gasteiger partial charge in [0, 0.05) is 33.6 Å². The van der Waals surface area contributed by atoms with Gasteiger partial charge in [0.15, 0.2) is 0 Å². The molecule has 1 aliphatic carbocycles. The molecule has 3 N–H and O–H groups in total. The molecule has 0 aliphatic heterocycles. The molecule has 1 amide bonds. The van der Waals surface area contributed by atoms with Crippen LogP contribution < -0.4 is 5.32 Å². The van der Waals surface area contributed by atoms with Gasteiger partial charge in [-0.15, -0.1) is 0 Å². The molecule has 1 aliphatic rings. The number of hydrogen-bond acceptors (Lipinski definition) is 2. The van der Waals surface area contributed by atoms with Gasteiger partial charge in [0.05, 0.1) is 5.02 Å². The Kier molecular flexibility index (Phi) is 3.85. The summed E-state index contributed by atoms with van der Waals surface area (Å²) in [5.74, 6) is -1.39. The number of amides is 1. The van der Waals surface area contributed by atoms with Crippen molar-refractivity contribution in [2.24, 2.45) is 0 Å². The van der Waals surface area contributed by atoms with Gasteiger partial charge >= 0.3 is 5.97 Å². The largest absolute Gasteiger partial charge is 0.477 e. The third-order valence-corrected chi connectivity index (χ3v) is 3.91. The summed E-state index contributed by atoms with van der Waals surface area (Å²) in [5.41, 5.74) is 0.835. The molecule has 1 aromatic carbocycles. The SMILES string of the molecule is O=C(/C=C/c1c(C(=O)O)[nH]c2cc(Cl)cc(Cl)c12)NC1CC1. The molecular formula is C15H12Cl2N2O3. The first kappa shape index (κ1) is 14.9. The Hall–Kier alpha value is -1.98. The van der Waals surface area contributed by atoms with E-state index in [2.05, 4.69) is 10.3 Å². The van der Waals surface area contributed by atoms with Crippen molar-refractivity contribution in [2.75, 3.05) is 0 Å². The molecule has 22 heavy (non-hydrogen) atoms. The molecule has 0 bridgehead atoms. The van der Waals surface area contributed by atoms with E-state index in [9.17, 15) is 14.7 Å². The van der Waals surface area contributed by atoms with Gasteiger partial charge in [-0.3, -0.25) is 4.79 Å². The van der Waals surface area contributed by atoms with E-state index in [1.807, 2.05) is 0 Å². The summed E-state index contributed by atoms with van der Waals surface area (Å²) in [7, 11) is 0. The lowest BCUT2D eigenvalue weighted by Gasteiger charge is -1.99. The summed E-state index contributed by atoms with van der Waals surface area (Å²) in [6.45, 7) is 0. The zero-order valence-electron chi connectivity index (χ0n) is 11.3. The number of carboxylic acid groups (broad SMARTS) is 1. The number of rotatable bonds is 4. The standard InChI is InChI=1S/C15H12Cl2N2O3/c16-7-5-10(17)13-9(3-4-12(20)18-8-1-2-8)14(15(21)22)19-11(13)6-7/h3-6,8,19H,1-2H2,(H,18,20)(H,21,22)/b4-3+. The molecule has 7 heteroatoms. The highest BCUT2D eigenvalue weighted by molar-refractivity contribution is 6.39. The maximum atomic E-state index is 11.7. The summed E-state index contributed by atoms with van der Waals surface area (Å²) in [6, 6.07) is 3.37. The molecule has 1 heterocycles. The zero-order valence-corrected chi connectivity index (χ0v) is 12.8. The summed E-state index contributed by atoms with van der Waals surface area (Å²) in [4.78, 5) is 25.9. The van der Waals surface area contributed by atoms with Crippen LogP contribution in [0.2, 0.25) is 10.0 Å². The maximum Gasteiger partial charge on any atom is 0.352 e. The van der Waals surface area contributed by atoms with Crippen LogP contribution in [0, 0.1) is 0 Å². The van der Waals surface area contributed by atoms with E-state index in [-0.39, 0.29) is 17.6 Å². The van der Waals surface area contributed by atoms with Gasteiger partial charge in [0.1, 0.15) is 5.69 Å². The van der Waals surface area contributed by atoms with E-state index in [1.54, 1.807) is 6.07 Å². The Morgan fingerprint density at radius 1 is 1.32 bits per heavy atom. The normalized spacial score (nSPS) is 14.6. The third-order valence-electron chi connectivity index (χ3n) is 3.39. The molecule has 1 aromatic heterocycles. The van der Waals surface area contributed by atoms with Crippen molar-refractivity contribution in [3.63, 3.8) is 0 Å². The number of H-pyrrole nitrogens is 1. The predicted octanol–water partition coefficient (Wildman–Crippen LogP) is 3.46. The minimum absolute atomic E-state index is 0.0327. The Bertz CT molecular complexity index is 807. The topological polar surface area (TPSA) is 82.2 Å². The molecule has 0 radical (unpaired) electrons. The van der Waals surface area contributed by atoms with E-state index in [0.717, 1.165) is 12.8 Å². The van der Waals surface area contributed by atoms with Gasteiger partial charge in [0.2, 0.25) is 5.91 Å². The minimum atomic E-state index is -1.13. The van der Waals surface area contributed by atoms with Crippen molar-refractivity contribution < 1.29 is 14.7 Å². The maximum absolute atomic E-state index is 11.7. The number of carboxylic acids is 1. The second kappa shape index (κ2) is 5.66. The van der Waals surface area contributed by atoms with Gasteiger partial charge in [-0.25, -0.2) is 4.79 Å². The monoisotopic (exact) mass is 338 g/mol. The van der Waals surface area contributed by atoms with E-state index in [4.69, 9.17) is 23.2 Å². The van der Waals surface area contributed by atoms with Crippen molar-refractivity contribution in [3.8, 4) is 0 Å². The number of carbonyl (C=O) groups is 2. The highest BCUT2D eigenvalue weighted by Crippen LogP contribution is 2.33. The molecule has 2 aromatic rings. The van der Waals surface area contributed by atoms with Crippen LogP contribution in [-0.4, -0.2) is 28.0 Å². The summed E-state index contributed by atoms with van der Waals surface area (Å²) < 4.78 is 0.